The fraction of sp³-hybridized carbons (Fsp3) is 0.333. The highest BCUT2D eigenvalue weighted by Gasteiger charge is 2.27. The molecule has 1 N–H and O–H groups in total. The second-order valence-electron chi connectivity index (χ2n) is 5.15. The van der Waals surface area contributed by atoms with Crippen LogP contribution in [0.1, 0.15) is 18.4 Å². The first-order chi connectivity index (χ1) is 10.5. The summed E-state index contributed by atoms with van der Waals surface area (Å²) in [6, 6.07) is 5.96. The van der Waals surface area contributed by atoms with Crippen LogP contribution in [0.4, 0.5) is 5.69 Å². The van der Waals surface area contributed by atoms with Gasteiger partial charge in [0.1, 0.15) is 0 Å². The molecule has 1 aromatic rings. The van der Waals surface area contributed by atoms with Gasteiger partial charge in [0.25, 0.3) is 5.69 Å². The Hall–Kier alpha value is -2.70. The number of nitrogens with zero attached hydrogens (tertiary/aromatic N) is 2. The van der Waals surface area contributed by atoms with Crippen molar-refractivity contribution >= 4 is 23.6 Å². The van der Waals surface area contributed by atoms with E-state index < -0.39 is 16.8 Å². The molecule has 1 aliphatic heterocycles. The van der Waals surface area contributed by atoms with Gasteiger partial charge in [-0.1, -0.05) is 12.1 Å². The molecule has 0 spiro atoms. The molecule has 1 atom stereocenters. The van der Waals surface area contributed by atoms with E-state index >= 15 is 0 Å². The van der Waals surface area contributed by atoms with Crippen molar-refractivity contribution in [2.24, 2.45) is 5.92 Å². The monoisotopic (exact) mass is 304 g/mol. The average Bonchev–Trinajstić information content (AvgIpc) is 2.53. The third kappa shape index (κ3) is 3.91. The number of likely N-dealkylation sites (tertiary alicyclic amines) is 1. The summed E-state index contributed by atoms with van der Waals surface area (Å²) >= 11 is 0. The van der Waals surface area contributed by atoms with E-state index in [9.17, 15) is 19.7 Å². The van der Waals surface area contributed by atoms with E-state index in [1.165, 1.54) is 29.2 Å². The van der Waals surface area contributed by atoms with Crippen LogP contribution < -0.4 is 0 Å². The number of rotatable bonds is 4. The number of carboxylic acids is 1. The molecule has 0 bridgehead atoms. The summed E-state index contributed by atoms with van der Waals surface area (Å²) < 4.78 is 0. The average molecular weight is 304 g/mol. The smallest absolute Gasteiger partial charge is 0.308 e. The maximum Gasteiger partial charge on any atom is 0.308 e. The van der Waals surface area contributed by atoms with Gasteiger partial charge in [0.15, 0.2) is 0 Å². The van der Waals surface area contributed by atoms with E-state index in [1.54, 1.807) is 12.1 Å². The molecule has 2 rings (SSSR count). The fourth-order valence-electron chi connectivity index (χ4n) is 2.39. The van der Waals surface area contributed by atoms with Crippen molar-refractivity contribution in [1.29, 1.82) is 0 Å². The molecule has 0 aromatic heterocycles. The largest absolute Gasteiger partial charge is 0.481 e. The van der Waals surface area contributed by atoms with Crippen LogP contribution in [0.15, 0.2) is 30.3 Å². The van der Waals surface area contributed by atoms with Gasteiger partial charge in [-0.05, 0) is 24.5 Å². The maximum absolute atomic E-state index is 12.1. The zero-order valence-corrected chi connectivity index (χ0v) is 11.8. The van der Waals surface area contributed by atoms with Crippen molar-refractivity contribution in [3.8, 4) is 0 Å². The van der Waals surface area contributed by atoms with Crippen LogP contribution in [-0.2, 0) is 9.59 Å². The third-order valence-electron chi connectivity index (χ3n) is 3.58. The SMILES string of the molecule is O=C(O)[C@H]1CCCN(C(=O)/C=C/c2cccc([N+](=O)[O-])c2)C1. The molecule has 22 heavy (non-hydrogen) atoms. The third-order valence-corrected chi connectivity index (χ3v) is 3.58. The molecular weight excluding hydrogens is 288 g/mol. The molecule has 0 radical (unpaired) electrons. The molecular formula is C15H16N2O5. The van der Waals surface area contributed by atoms with Gasteiger partial charge in [-0.3, -0.25) is 19.7 Å². The van der Waals surface area contributed by atoms with Gasteiger partial charge in [0.2, 0.25) is 5.91 Å². The minimum absolute atomic E-state index is 0.0430. The summed E-state index contributed by atoms with van der Waals surface area (Å²) in [6.07, 6.45) is 4.06. The van der Waals surface area contributed by atoms with E-state index in [2.05, 4.69) is 0 Å². The van der Waals surface area contributed by atoms with Crippen molar-refractivity contribution in [3.05, 3.63) is 46.0 Å². The number of non-ortho nitro benzene ring substituents is 1. The summed E-state index contributed by atoms with van der Waals surface area (Å²) in [6.45, 7) is 0.731. The van der Waals surface area contributed by atoms with Crippen LogP contribution >= 0.6 is 0 Å². The number of hydrogen-bond donors (Lipinski definition) is 1. The number of hydrogen-bond acceptors (Lipinski definition) is 4. The molecule has 7 nitrogen and oxygen atoms in total. The number of aliphatic carboxylic acids is 1. The highest BCUT2D eigenvalue weighted by atomic mass is 16.6. The predicted octanol–water partition coefficient (Wildman–Crippen LogP) is 1.93. The molecule has 1 aliphatic rings. The van der Waals surface area contributed by atoms with Gasteiger partial charge in [0.05, 0.1) is 10.8 Å². The number of carbonyl (C=O) groups excluding carboxylic acids is 1. The lowest BCUT2D eigenvalue weighted by atomic mass is 9.98. The first-order valence-corrected chi connectivity index (χ1v) is 6.91. The van der Waals surface area contributed by atoms with Gasteiger partial charge in [-0.15, -0.1) is 0 Å². The minimum atomic E-state index is -0.889. The Labute approximate surface area is 127 Å². The number of amides is 1. The van der Waals surface area contributed by atoms with Crippen LogP contribution in [0.3, 0.4) is 0 Å². The van der Waals surface area contributed by atoms with Crippen LogP contribution in [0.25, 0.3) is 6.08 Å². The van der Waals surface area contributed by atoms with E-state index in [0.717, 1.165) is 0 Å². The highest BCUT2D eigenvalue weighted by molar-refractivity contribution is 5.92. The predicted molar refractivity (Wildman–Crippen MR) is 79.1 cm³/mol. The molecule has 1 fully saturated rings. The maximum atomic E-state index is 12.1. The lowest BCUT2D eigenvalue weighted by Crippen LogP contribution is -2.41. The summed E-state index contributed by atoms with van der Waals surface area (Å²) in [4.78, 5) is 34.7. The molecule has 116 valence electrons. The Morgan fingerprint density at radius 2 is 2.18 bits per heavy atom. The van der Waals surface area contributed by atoms with Crippen LogP contribution in [0, 0.1) is 16.0 Å². The Morgan fingerprint density at radius 3 is 2.86 bits per heavy atom. The Bertz CT molecular complexity index is 626. The number of benzene rings is 1. The van der Waals surface area contributed by atoms with Gasteiger partial charge >= 0.3 is 5.97 Å². The molecule has 0 saturated carbocycles. The molecule has 1 aromatic carbocycles. The number of carbonyl (C=O) groups is 2. The van der Waals surface area contributed by atoms with Crippen molar-refractivity contribution < 1.29 is 19.6 Å². The first kappa shape index (κ1) is 15.7. The lowest BCUT2D eigenvalue weighted by molar-refractivity contribution is -0.384. The number of nitro groups is 1. The fourth-order valence-corrected chi connectivity index (χ4v) is 2.39. The Balaban J connectivity index is 2.03. The number of piperidine rings is 1. The zero-order valence-electron chi connectivity index (χ0n) is 11.8. The topological polar surface area (TPSA) is 101 Å². The number of nitro benzene ring substituents is 1. The molecule has 0 aliphatic carbocycles. The van der Waals surface area contributed by atoms with E-state index in [-0.39, 0.29) is 18.1 Å². The quantitative estimate of drug-likeness (QED) is 0.520. The van der Waals surface area contributed by atoms with Crippen LogP contribution in [-0.4, -0.2) is 39.9 Å². The minimum Gasteiger partial charge on any atom is -0.481 e. The van der Waals surface area contributed by atoms with Crippen molar-refractivity contribution in [2.45, 2.75) is 12.8 Å². The second-order valence-corrected chi connectivity index (χ2v) is 5.15. The van der Waals surface area contributed by atoms with Gasteiger partial charge in [0, 0.05) is 31.3 Å². The zero-order chi connectivity index (χ0) is 16.1. The molecule has 1 saturated heterocycles. The van der Waals surface area contributed by atoms with Crippen molar-refractivity contribution in [3.63, 3.8) is 0 Å². The first-order valence-electron chi connectivity index (χ1n) is 6.91. The van der Waals surface area contributed by atoms with E-state index in [1.807, 2.05) is 0 Å². The van der Waals surface area contributed by atoms with Crippen molar-refractivity contribution in [1.82, 2.24) is 4.90 Å². The van der Waals surface area contributed by atoms with Crippen LogP contribution in [0.2, 0.25) is 0 Å². The molecule has 1 amide bonds. The van der Waals surface area contributed by atoms with E-state index in [4.69, 9.17) is 5.11 Å². The molecule has 1 heterocycles. The summed E-state index contributed by atoms with van der Waals surface area (Å²) in [5.41, 5.74) is 0.507. The normalized spacial score (nSPS) is 18.4. The molecule has 0 unspecified atom stereocenters. The standard InChI is InChI=1S/C15H16N2O5/c18-14(16-8-2-4-12(10-16)15(19)20)7-6-11-3-1-5-13(9-11)17(21)22/h1,3,5-7,9,12H,2,4,8,10H2,(H,19,20)/b7-6+/t12-/m0/s1. The second kappa shape index (κ2) is 6.84. The van der Waals surface area contributed by atoms with Gasteiger partial charge in [-0.2, -0.15) is 0 Å². The highest BCUT2D eigenvalue weighted by Crippen LogP contribution is 2.18. The van der Waals surface area contributed by atoms with Crippen molar-refractivity contribution in [2.75, 3.05) is 13.1 Å². The lowest BCUT2D eigenvalue weighted by Gasteiger charge is -2.29. The number of carboxylic acid groups (broad SMARTS) is 1. The van der Waals surface area contributed by atoms with Gasteiger partial charge in [-0.25, -0.2) is 0 Å². The Morgan fingerprint density at radius 1 is 1.41 bits per heavy atom. The Kier molecular flexibility index (Phi) is 4.88. The van der Waals surface area contributed by atoms with E-state index in [0.29, 0.717) is 24.9 Å². The summed E-state index contributed by atoms with van der Waals surface area (Å²) in [5, 5.41) is 19.7. The summed E-state index contributed by atoms with van der Waals surface area (Å²) in [7, 11) is 0. The summed E-state index contributed by atoms with van der Waals surface area (Å²) in [5.74, 6) is -1.69. The van der Waals surface area contributed by atoms with Crippen LogP contribution in [0.5, 0.6) is 0 Å². The van der Waals surface area contributed by atoms with Gasteiger partial charge < -0.3 is 10.0 Å². The molecule has 7 heteroatoms.